The van der Waals surface area contributed by atoms with Gasteiger partial charge in [0.05, 0.1) is 7.11 Å². The maximum atomic E-state index is 12.2. The normalized spacial score (nSPS) is 22.3. The van der Waals surface area contributed by atoms with Crippen LogP contribution < -0.4 is 0 Å². The minimum atomic E-state index is -4.29. The number of methoxy groups -OCH3 is 1. The first-order chi connectivity index (χ1) is 5.55. The molecule has 0 fully saturated rings. The van der Waals surface area contributed by atoms with E-state index in [0.29, 0.717) is 0 Å². The van der Waals surface area contributed by atoms with Crippen molar-refractivity contribution in [3.8, 4) is 0 Å². The number of hydrogen-bond acceptors (Lipinski definition) is 1. The molecule has 0 aliphatic heterocycles. The molecule has 0 saturated heterocycles. The Bertz CT molecular complexity index is 256. The summed E-state index contributed by atoms with van der Waals surface area (Å²) in [6.07, 6.45) is -0.555. The van der Waals surface area contributed by atoms with Gasteiger partial charge in [0.25, 0.3) is 0 Å². The molecule has 12 heavy (non-hydrogen) atoms. The van der Waals surface area contributed by atoms with E-state index >= 15 is 0 Å². The molecule has 0 saturated carbocycles. The van der Waals surface area contributed by atoms with Crippen LogP contribution in [0.3, 0.4) is 0 Å². The van der Waals surface area contributed by atoms with Gasteiger partial charge in [0.2, 0.25) is 0 Å². The number of ether oxygens (including phenoxy) is 1. The van der Waals surface area contributed by atoms with Crippen molar-refractivity contribution in [2.24, 2.45) is 5.92 Å². The molecule has 1 unspecified atom stereocenters. The van der Waals surface area contributed by atoms with Crippen LogP contribution in [0.2, 0.25) is 0 Å². The Morgan fingerprint density at radius 2 is 2.17 bits per heavy atom. The zero-order chi connectivity index (χ0) is 9.19. The molecule has 0 aromatic heterocycles. The van der Waals surface area contributed by atoms with Gasteiger partial charge in [0, 0.05) is 0 Å². The van der Waals surface area contributed by atoms with E-state index in [2.05, 4.69) is 10.5 Å². The van der Waals surface area contributed by atoms with Gasteiger partial charge in [0.1, 0.15) is 5.92 Å². The first kappa shape index (κ1) is 8.94. The molecule has 1 atom stereocenters. The van der Waals surface area contributed by atoms with Crippen LogP contribution in [0.4, 0.5) is 13.2 Å². The number of rotatable bonds is 1. The molecule has 66 valence electrons. The van der Waals surface area contributed by atoms with Crippen LogP contribution in [0.15, 0.2) is 29.7 Å². The van der Waals surface area contributed by atoms with E-state index in [1.165, 1.54) is 19.3 Å². The van der Waals surface area contributed by atoms with Crippen LogP contribution in [0.25, 0.3) is 0 Å². The number of hydrogen-bond donors (Lipinski definition) is 0. The Morgan fingerprint density at radius 3 is 2.58 bits per heavy atom. The molecule has 0 radical (unpaired) electrons. The van der Waals surface area contributed by atoms with E-state index in [1.807, 2.05) is 0 Å². The van der Waals surface area contributed by atoms with Gasteiger partial charge in [-0.15, -0.1) is 0 Å². The monoisotopic (exact) mass is 176 g/mol. The summed E-state index contributed by atoms with van der Waals surface area (Å²) in [5, 5.41) is 0. The molecule has 0 spiro atoms. The van der Waals surface area contributed by atoms with Gasteiger partial charge in [-0.25, -0.2) is 0 Å². The fourth-order valence-corrected chi connectivity index (χ4v) is 0.918. The van der Waals surface area contributed by atoms with E-state index < -0.39 is 12.1 Å². The average molecular weight is 176 g/mol. The highest BCUT2D eigenvalue weighted by molar-refractivity contribution is 5.20. The average Bonchev–Trinajstić information content (AvgIpc) is 2.03. The molecule has 1 nitrogen and oxygen atoms in total. The van der Waals surface area contributed by atoms with Gasteiger partial charge in [-0.1, -0.05) is 17.9 Å². The Kier molecular flexibility index (Phi) is 2.29. The Hall–Kier alpha value is -1.15. The third-order valence-corrected chi connectivity index (χ3v) is 1.48. The second-order valence-corrected chi connectivity index (χ2v) is 2.28. The summed E-state index contributed by atoms with van der Waals surface area (Å²) in [4.78, 5) is 0. The molecule has 1 aliphatic carbocycles. The molecule has 0 bridgehead atoms. The van der Waals surface area contributed by atoms with Gasteiger partial charge >= 0.3 is 6.18 Å². The summed E-state index contributed by atoms with van der Waals surface area (Å²) in [6.45, 7) is 0. The van der Waals surface area contributed by atoms with E-state index in [9.17, 15) is 13.2 Å². The first-order valence-electron chi connectivity index (χ1n) is 3.30. The lowest BCUT2D eigenvalue weighted by atomic mass is 10.0. The molecular formula is C8H7F3O. The Labute approximate surface area is 67.8 Å². The van der Waals surface area contributed by atoms with E-state index in [0.717, 1.165) is 6.08 Å². The van der Waals surface area contributed by atoms with Crippen molar-refractivity contribution in [3.05, 3.63) is 29.7 Å². The summed E-state index contributed by atoms with van der Waals surface area (Å²) < 4.78 is 41.1. The Morgan fingerprint density at radius 1 is 1.50 bits per heavy atom. The van der Waals surface area contributed by atoms with Crippen molar-refractivity contribution in [1.29, 1.82) is 0 Å². The molecule has 1 aliphatic rings. The van der Waals surface area contributed by atoms with Crippen molar-refractivity contribution in [2.45, 2.75) is 6.18 Å². The zero-order valence-electron chi connectivity index (χ0n) is 6.35. The van der Waals surface area contributed by atoms with Crippen LogP contribution in [-0.2, 0) is 4.74 Å². The highest BCUT2D eigenvalue weighted by Gasteiger charge is 2.41. The quantitative estimate of drug-likeness (QED) is 0.557. The van der Waals surface area contributed by atoms with E-state index in [-0.39, 0.29) is 5.76 Å². The van der Waals surface area contributed by atoms with Crippen molar-refractivity contribution in [2.75, 3.05) is 7.11 Å². The second kappa shape index (κ2) is 3.07. The molecule has 0 heterocycles. The number of halogens is 3. The topological polar surface area (TPSA) is 9.23 Å². The lowest BCUT2D eigenvalue weighted by Crippen LogP contribution is -2.24. The SMILES string of the molecule is COC1=C=CC=CC1C(F)(F)F. The van der Waals surface area contributed by atoms with Crippen molar-refractivity contribution < 1.29 is 17.9 Å². The number of alkyl halides is 3. The van der Waals surface area contributed by atoms with Crippen molar-refractivity contribution in [1.82, 2.24) is 0 Å². The minimum Gasteiger partial charge on any atom is -0.492 e. The lowest BCUT2D eigenvalue weighted by molar-refractivity contribution is -0.159. The predicted molar refractivity (Wildman–Crippen MR) is 37.3 cm³/mol. The Balaban J connectivity index is 2.93. The molecule has 4 heteroatoms. The smallest absolute Gasteiger partial charge is 0.402 e. The molecule has 0 amide bonds. The van der Waals surface area contributed by atoms with Gasteiger partial charge in [-0.3, -0.25) is 0 Å². The second-order valence-electron chi connectivity index (χ2n) is 2.28. The largest absolute Gasteiger partial charge is 0.492 e. The van der Waals surface area contributed by atoms with Crippen LogP contribution in [-0.4, -0.2) is 13.3 Å². The summed E-state index contributed by atoms with van der Waals surface area (Å²) in [6, 6.07) is 0. The van der Waals surface area contributed by atoms with Gasteiger partial charge in [0.15, 0.2) is 5.76 Å². The molecule has 0 aromatic rings. The van der Waals surface area contributed by atoms with Gasteiger partial charge in [-0.2, -0.15) is 13.2 Å². The fourth-order valence-electron chi connectivity index (χ4n) is 0.918. The van der Waals surface area contributed by atoms with Crippen molar-refractivity contribution >= 4 is 0 Å². The van der Waals surface area contributed by atoms with Crippen LogP contribution >= 0.6 is 0 Å². The zero-order valence-corrected chi connectivity index (χ0v) is 6.35. The number of allylic oxidation sites excluding steroid dienone is 2. The molecule has 0 aromatic carbocycles. The van der Waals surface area contributed by atoms with E-state index in [1.54, 1.807) is 0 Å². The standard InChI is InChI=1S/C8H7F3O/c1-12-7-5-3-2-4-6(7)8(9,10)11/h2-4,6H,1H3. The van der Waals surface area contributed by atoms with Gasteiger partial charge < -0.3 is 4.74 Å². The van der Waals surface area contributed by atoms with Crippen molar-refractivity contribution in [3.63, 3.8) is 0 Å². The third kappa shape index (κ3) is 1.71. The maximum absolute atomic E-state index is 12.2. The summed E-state index contributed by atoms with van der Waals surface area (Å²) in [7, 11) is 1.20. The molecule has 0 N–H and O–H groups in total. The maximum Gasteiger partial charge on any atom is 0.402 e. The van der Waals surface area contributed by atoms with Crippen LogP contribution in [0.5, 0.6) is 0 Å². The van der Waals surface area contributed by atoms with E-state index in [4.69, 9.17) is 0 Å². The summed E-state index contributed by atoms with van der Waals surface area (Å²) >= 11 is 0. The van der Waals surface area contributed by atoms with Gasteiger partial charge in [-0.05, 0) is 6.08 Å². The summed E-state index contributed by atoms with van der Waals surface area (Å²) in [5.74, 6) is -1.84. The predicted octanol–water partition coefficient (Wildman–Crippen LogP) is 2.42. The third-order valence-electron chi connectivity index (χ3n) is 1.48. The van der Waals surface area contributed by atoms with Crippen LogP contribution in [0, 0.1) is 5.92 Å². The fraction of sp³-hybridized carbons (Fsp3) is 0.375. The molecule has 1 rings (SSSR count). The first-order valence-corrected chi connectivity index (χ1v) is 3.30. The highest BCUT2D eigenvalue weighted by atomic mass is 19.4. The highest BCUT2D eigenvalue weighted by Crippen LogP contribution is 2.33. The lowest BCUT2D eigenvalue weighted by Gasteiger charge is -2.18. The minimum absolute atomic E-state index is 0.190. The van der Waals surface area contributed by atoms with Crippen LogP contribution in [0.1, 0.15) is 0 Å². The summed E-state index contributed by atoms with van der Waals surface area (Å²) in [5.41, 5.74) is 2.39. The molecular weight excluding hydrogens is 169 g/mol.